The summed E-state index contributed by atoms with van der Waals surface area (Å²) in [5.41, 5.74) is 2.67. The molecule has 0 unspecified atom stereocenters. The minimum absolute atomic E-state index is 0.453. The highest BCUT2D eigenvalue weighted by molar-refractivity contribution is 7.80. The summed E-state index contributed by atoms with van der Waals surface area (Å²) in [5.74, 6) is 0. The van der Waals surface area contributed by atoms with Crippen LogP contribution in [0.25, 0.3) is 0 Å². The summed E-state index contributed by atoms with van der Waals surface area (Å²) in [5, 5.41) is 12.3. The van der Waals surface area contributed by atoms with Crippen molar-refractivity contribution in [1.29, 1.82) is 0 Å². The molecule has 0 amide bonds. The van der Waals surface area contributed by atoms with Gasteiger partial charge in [-0.3, -0.25) is 4.68 Å². The van der Waals surface area contributed by atoms with Crippen LogP contribution in [-0.2, 0) is 6.54 Å². The van der Waals surface area contributed by atoms with E-state index in [2.05, 4.69) is 15.7 Å². The maximum Gasteiger partial charge on any atom is 0.175 e. The molecule has 2 N–H and O–H groups in total. The van der Waals surface area contributed by atoms with E-state index in [-0.39, 0.29) is 0 Å². The van der Waals surface area contributed by atoms with E-state index in [0.29, 0.717) is 16.7 Å². The highest BCUT2D eigenvalue weighted by Gasteiger charge is 2.04. The van der Waals surface area contributed by atoms with Crippen LogP contribution in [0.2, 0.25) is 10.0 Å². The average molecular weight is 377 g/mol. The largest absolute Gasteiger partial charge is 0.331 e. The number of nitrogens with zero attached hydrogens (tertiary/aromatic N) is 2. The number of hydrogen-bond donors (Lipinski definition) is 2. The topological polar surface area (TPSA) is 41.9 Å². The fourth-order valence-corrected chi connectivity index (χ4v) is 2.68. The molecule has 1 heterocycles. The predicted molar refractivity (Wildman–Crippen MR) is 104 cm³/mol. The van der Waals surface area contributed by atoms with Crippen LogP contribution in [-0.4, -0.2) is 14.9 Å². The summed E-state index contributed by atoms with van der Waals surface area (Å²) in [4.78, 5) is 0. The lowest BCUT2D eigenvalue weighted by atomic mass is 10.2. The summed E-state index contributed by atoms with van der Waals surface area (Å²) in [6.07, 6.45) is 3.60. The van der Waals surface area contributed by atoms with E-state index in [1.165, 1.54) is 0 Å². The lowest BCUT2D eigenvalue weighted by Crippen LogP contribution is -2.18. The van der Waals surface area contributed by atoms with E-state index in [1.807, 2.05) is 53.3 Å². The molecule has 0 atom stereocenters. The van der Waals surface area contributed by atoms with Gasteiger partial charge in [-0.05, 0) is 42.0 Å². The number of nitrogens with one attached hydrogen (secondary N) is 2. The summed E-state index contributed by atoms with van der Waals surface area (Å²) in [6.45, 7) is 0.656. The summed E-state index contributed by atoms with van der Waals surface area (Å²) in [7, 11) is 0. The molecule has 0 bridgehead atoms. The van der Waals surface area contributed by atoms with Crippen LogP contribution in [0.1, 0.15) is 5.56 Å². The van der Waals surface area contributed by atoms with Crippen molar-refractivity contribution in [1.82, 2.24) is 9.78 Å². The first kappa shape index (κ1) is 16.8. The maximum atomic E-state index is 6.10. The number of anilines is 2. The molecule has 0 fully saturated rings. The Morgan fingerprint density at radius 2 is 1.79 bits per heavy atom. The quantitative estimate of drug-likeness (QED) is 0.625. The first-order chi connectivity index (χ1) is 11.6. The highest BCUT2D eigenvalue weighted by atomic mass is 35.5. The molecule has 0 aliphatic rings. The number of rotatable bonds is 4. The Morgan fingerprint density at radius 1 is 1.04 bits per heavy atom. The van der Waals surface area contributed by atoms with E-state index < -0.39 is 0 Å². The molecule has 0 aliphatic heterocycles. The van der Waals surface area contributed by atoms with Crippen LogP contribution in [0.15, 0.2) is 60.9 Å². The van der Waals surface area contributed by atoms with Crippen molar-refractivity contribution in [3.8, 4) is 0 Å². The Kier molecular flexibility index (Phi) is 5.35. The van der Waals surface area contributed by atoms with Crippen LogP contribution in [0.4, 0.5) is 11.4 Å². The monoisotopic (exact) mass is 376 g/mol. The number of benzene rings is 2. The van der Waals surface area contributed by atoms with Crippen LogP contribution < -0.4 is 10.6 Å². The number of halogens is 2. The van der Waals surface area contributed by atoms with Gasteiger partial charge in [0.25, 0.3) is 0 Å². The molecule has 4 nitrogen and oxygen atoms in total. The zero-order chi connectivity index (χ0) is 16.9. The normalized spacial score (nSPS) is 10.4. The molecule has 1 aromatic heterocycles. The third-order valence-electron chi connectivity index (χ3n) is 3.27. The van der Waals surface area contributed by atoms with Gasteiger partial charge >= 0.3 is 0 Å². The molecule has 3 rings (SSSR count). The number of para-hydroxylation sites is 1. The molecule has 2 aromatic carbocycles. The lowest BCUT2D eigenvalue weighted by molar-refractivity contribution is 0.687. The zero-order valence-electron chi connectivity index (χ0n) is 12.5. The van der Waals surface area contributed by atoms with Crippen LogP contribution in [0.3, 0.4) is 0 Å². The smallest absolute Gasteiger partial charge is 0.175 e. The van der Waals surface area contributed by atoms with Gasteiger partial charge in [0.05, 0.1) is 29.1 Å². The van der Waals surface area contributed by atoms with Crippen molar-refractivity contribution in [2.45, 2.75) is 6.54 Å². The van der Waals surface area contributed by atoms with Crippen molar-refractivity contribution in [3.63, 3.8) is 0 Å². The van der Waals surface area contributed by atoms with Gasteiger partial charge in [0, 0.05) is 11.2 Å². The Hall–Kier alpha value is -2.08. The Bertz CT molecular complexity index is 846. The van der Waals surface area contributed by atoms with Gasteiger partial charge in [-0.15, -0.1) is 0 Å². The molecule has 122 valence electrons. The minimum atomic E-state index is 0.453. The Labute approximate surface area is 155 Å². The SMILES string of the molecule is S=C(Nc1cnn(Cc2ccc(Cl)cc2)c1)Nc1ccccc1Cl. The number of hydrogen-bond acceptors (Lipinski definition) is 2. The van der Waals surface area contributed by atoms with E-state index in [9.17, 15) is 0 Å². The average Bonchev–Trinajstić information content (AvgIpc) is 2.99. The van der Waals surface area contributed by atoms with Crippen molar-refractivity contribution in [3.05, 3.63) is 76.5 Å². The van der Waals surface area contributed by atoms with Crippen molar-refractivity contribution < 1.29 is 0 Å². The molecule has 3 aromatic rings. The second-order valence-corrected chi connectivity index (χ2v) is 6.36. The molecular weight excluding hydrogens is 363 g/mol. The van der Waals surface area contributed by atoms with E-state index >= 15 is 0 Å². The van der Waals surface area contributed by atoms with Crippen LogP contribution in [0.5, 0.6) is 0 Å². The molecule has 0 spiro atoms. The lowest BCUT2D eigenvalue weighted by Gasteiger charge is -2.10. The molecule has 0 saturated carbocycles. The molecular formula is C17H14Cl2N4S. The van der Waals surface area contributed by atoms with Gasteiger partial charge in [-0.2, -0.15) is 5.10 Å². The van der Waals surface area contributed by atoms with E-state index in [0.717, 1.165) is 22.0 Å². The molecule has 7 heteroatoms. The van der Waals surface area contributed by atoms with Crippen LogP contribution >= 0.6 is 35.4 Å². The summed E-state index contributed by atoms with van der Waals surface area (Å²) in [6, 6.07) is 15.1. The van der Waals surface area contributed by atoms with E-state index in [1.54, 1.807) is 12.3 Å². The number of thiocarbonyl (C=S) groups is 1. The zero-order valence-corrected chi connectivity index (χ0v) is 14.9. The van der Waals surface area contributed by atoms with Gasteiger partial charge in [-0.1, -0.05) is 47.5 Å². The highest BCUT2D eigenvalue weighted by Crippen LogP contribution is 2.20. The van der Waals surface area contributed by atoms with Crippen molar-refractivity contribution in [2.75, 3.05) is 10.6 Å². The van der Waals surface area contributed by atoms with Gasteiger partial charge < -0.3 is 10.6 Å². The third kappa shape index (κ3) is 4.47. The van der Waals surface area contributed by atoms with Crippen molar-refractivity contribution >= 4 is 51.9 Å². The van der Waals surface area contributed by atoms with Crippen molar-refractivity contribution in [2.24, 2.45) is 0 Å². The van der Waals surface area contributed by atoms with Crippen LogP contribution in [0, 0.1) is 0 Å². The summed E-state index contributed by atoms with van der Waals surface area (Å²) >= 11 is 17.3. The predicted octanol–water partition coefficient (Wildman–Crippen LogP) is 5.05. The third-order valence-corrected chi connectivity index (χ3v) is 4.06. The molecule has 0 saturated heterocycles. The van der Waals surface area contributed by atoms with Gasteiger partial charge in [0.2, 0.25) is 0 Å². The van der Waals surface area contributed by atoms with Gasteiger partial charge in [0.15, 0.2) is 5.11 Å². The Balaban J connectivity index is 1.60. The molecule has 0 radical (unpaired) electrons. The standard InChI is InChI=1S/C17H14Cl2N4S/c18-13-7-5-12(6-8-13)10-23-11-14(9-20-23)21-17(24)22-16-4-2-1-3-15(16)19/h1-9,11H,10H2,(H2,21,22,24). The van der Waals surface area contributed by atoms with Gasteiger partial charge in [-0.25, -0.2) is 0 Å². The second-order valence-electron chi connectivity index (χ2n) is 5.11. The fourth-order valence-electron chi connectivity index (χ4n) is 2.14. The second kappa shape index (κ2) is 7.66. The minimum Gasteiger partial charge on any atom is -0.331 e. The van der Waals surface area contributed by atoms with Gasteiger partial charge in [0.1, 0.15) is 0 Å². The maximum absolute atomic E-state index is 6.10. The van der Waals surface area contributed by atoms with E-state index in [4.69, 9.17) is 35.4 Å². The number of aromatic nitrogens is 2. The molecule has 0 aliphatic carbocycles. The first-order valence-electron chi connectivity index (χ1n) is 7.19. The molecule has 24 heavy (non-hydrogen) atoms. The fraction of sp³-hybridized carbons (Fsp3) is 0.0588. The first-order valence-corrected chi connectivity index (χ1v) is 8.36. The summed E-state index contributed by atoms with van der Waals surface area (Å²) < 4.78 is 1.82. The Morgan fingerprint density at radius 3 is 2.54 bits per heavy atom.